The van der Waals surface area contributed by atoms with E-state index >= 15 is 0 Å². The Labute approximate surface area is 149 Å². The summed E-state index contributed by atoms with van der Waals surface area (Å²) in [6, 6.07) is 6.40. The van der Waals surface area contributed by atoms with Gasteiger partial charge >= 0.3 is 5.97 Å². The number of ether oxygens (including phenoxy) is 1. The van der Waals surface area contributed by atoms with Crippen molar-refractivity contribution >= 4 is 16.0 Å². The summed E-state index contributed by atoms with van der Waals surface area (Å²) in [5.41, 5.74) is 0.686. The summed E-state index contributed by atoms with van der Waals surface area (Å²) in [4.78, 5) is 19.4. The van der Waals surface area contributed by atoms with Crippen LogP contribution in [0.1, 0.15) is 15.9 Å². The predicted octanol–water partition coefficient (Wildman–Crippen LogP) is 0.927. The molecule has 3 aromatic heterocycles. The van der Waals surface area contributed by atoms with Gasteiger partial charge in [-0.1, -0.05) is 6.07 Å². The highest BCUT2D eigenvalue weighted by atomic mass is 32.2. The summed E-state index contributed by atoms with van der Waals surface area (Å²) in [5.74, 6) is -0.149. The van der Waals surface area contributed by atoms with Gasteiger partial charge in [0.2, 0.25) is 10.0 Å². The number of carbonyl (C=O) groups is 1. The molecule has 134 valence electrons. The van der Waals surface area contributed by atoms with Crippen molar-refractivity contribution in [2.45, 2.75) is 11.4 Å². The highest BCUT2D eigenvalue weighted by Gasteiger charge is 2.18. The molecule has 0 aliphatic heterocycles. The molecule has 0 saturated carbocycles. The van der Waals surface area contributed by atoms with Gasteiger partial charge in [-0.05, 0) is 18.2 Å². The van der Waals surface area contributed by atoms with Crippen LogP contribution in [0, 0.1) is 0 Å². The molecule has 26 heavy (non-hydrogen) atoms. The van der Waals surface area contributed by atoms with Crippen molar-refractivity contribution in [3.05, 3.63) is 66.4 Å². The third-order valence-corrected chi connectivity index (χ3v) is 4.85. The Morgan fingerprint density at radius 1 is 1.27 bits per heavy atom. The van der Waals surface area contributed by atoms with E-state index in [-0.39, 0.29) is 17.0 Å². The Bertz CT molecular complexity index is 1020. The van der Waals surface area contributed by atoms with E-state index in [4.69, 9.17) is 0 Å². The molecule has 0 aliphatic rings. The second-order valence-electron chi connectivity index (χ2n) is 5.16. The van der Waals surface area contributed by atoms with Gasteiger partial charge in [-0.2, -0.15) is 5.10 Å². The summed E-state index contributed by atoms with van der Waals surface area (Å²) >= 11 is 0. The Balaban J connectivity index is 1.83. The van der Waals surface area contributed by atoms with Gasteiger partial charge in [-0.3, -0.25) is 4.98 Å². The molecule has 10 heteroatoms. The van der Waals surface area contributed by atoms with Crippen molar-refractivity contribution in [3.63, 3.8) is 0 Å². The number of carbonyl (C=O) groups excluding carboxylic acids is 1. The lowest BCUT2D eigenvalue weighted by Crippen LogP contribution is -2.24. The van der Waals surface area contributed by atoms with Crippen LogP contribution in [-0.2, 0) is 21.3 Å². The first kappa shape index (κ1) is 17.7. The molecule has 0 unspecified atom stereocenters. The van der Waals surface area contributed by atoms with E-state index in [0.29, 0.717) is 11.4 Å². The maximum atomic E-state index is 12.5. The number of sulfonamides is 1. The summed E-state index contributed by atoms with van der Waals surface area (Å²) in [6.45, 7) is -0.00613. The molecule has 0 aromatic carbocycles. The third-order valence-electron chi connectivity index (χ3n) is 3.49. The van der Waals surface area contributed by atoms with Gasteiger partial charge in [-0.15, -0.1) is 0 Å². The van der Waals surface area contributed by atoms with Crippen LogP contribution in [-0.4, -0.2) is 41.2 Å². The lowest BCUT2D eigenvalue weighted by molar-refractivity contribution is 0.0600. The van der Waals surface area contributed by atoms with Gasteiger partial charge in [-0.25, -0.2) is 27.6 Å². The van der Waals surface area contributed by atoms with Gasteiger partial charge in [0.1, 0.15) is 4.90 Å². The first-order valence-electron chi connectivity index (χ1n) is 7.48. The second-order valence-corrected chi connectivity index (χ2v) is 6.93. The molecule has 0 radical (unpaired) electrons. The van der Waals surface area contributed by atoms with Gasteiger partial charge in [0, 0.05) is 43.1 Å². The van der Waals surface area contributed by atoms with Crippen LogP contribution in [0.25, 0.3) is 5.82 Å². The fraction of sp³-hybridized carbons (Fsp3) is 0.125. The Morgan fingerprint density at radius 3 is 2.85 bits per heavy atom. The number of pyridine rings is 2. The lowest BCUT2D eigenvalue weighted by atomic mass is 10.2. The minimum atomic E-state index is -3.89. The van der Waals surface area contributed by atoms with Gasteiger partial charge < -0.3 is 4.74 Å². The molecule has 1 N–H and O–H groups in total. The molecule has 0 fully saturated rings. The molecule has 0 aliphatic carbocycles. The monoisotopic (exact) mass is 373 g/mol. The van der Waals surface area contributed by atoms with Crippen LogP contribution in [0.5, 0.6) is 0 Å². The molecule has 0 atom stereocenters. The van der Waals surface area contributed by atoms with Gasteiger partial charge in [0.15, 0.2) is 5.82 Å². The number of hydrogen-bond acceptors (Lipinski definition) is 7. The van der Waals surface area contributed by atoms with Gasteiger partial charge in [0.05, 0.1) is 12.7 Å². The minimum absolute atomic E-state index is 0.00613. The van der Waals surface area contributed by atoms with Crippen molar-refractivity contribution < 1.29 is 17.9 Å². The Morgan fingerprint density at radius 2 is 2.12 bits per heavy atom. The first-order valence-corrected chi connectivity index (χ1v) is 8.96. The van der Waals surface area contributed by atoms with E-state index in [1.165, 1.54) is 19.4 Å². The molecule has 3 aromatic rings. The number of methoxy groups -OCH3 is 1. The highest BCUT2D eigenvalue weighted by molar-refractivity contribution is 7.89. The van der Waals surface area contributed by atoms with E-state index in [9.17, 15) is 13.2 Å². The number of esters is 1. The molecule has 0 saturated heterocycles. The SMILES string of the molecule is COC(=O)c1cncc(S(=O)(=O)NCc2cccnc2-n2cccn2)c1. The zero-order chi connectivity index (χ0) is 18.6. The van der Waals surface area contributed by atoms with Crippen molar-refractivity contribution in [1.29, 1.82) is 0 Å². The maximum Gasteiger partial charge on any atom is 0.339 e. The second kappa shape index (κ2) is 7.42. The third kappa shape index (κ3) is 3.76. The van der Waals surface area contributed by atoms with Crippen LogP contribution >= 0.6 is 0 Å². The smallest absolute Gasteiger partial charge is 0.339 e. The zero-order valence-electron chi connectivity index (χ0n) is 13.7. The fourth-order valence-electron chi connectivity index (χ4n) is 2.22. The van der Waals surface area contributed by atoms with E-state index in [2.05, 4.69) is 24.5 Å². The van der Waals surface area contributed by atoms with Crippen molar-refractivity contribution in [2.75, 3.05) is 7.11 Å². The summed E-state index contributed by atoms with van der Waals surface area (Å²) in [5, 5.41) is 4.11. The molecule has 0 amide bonds. The van der Waals surface area contributed by atoms with Gasteiger partial charge in [0.25, 0.3) is 0 Å². The van der Waals surface area contributed by atoms with Crippen LogP contribution in [0.2, 0.25) is 0 Å². The molecular formula is C16H15N5O4S. The Hall–Kier alpha value is -3.11. The van der Waals surface area contributed by atoms with Crippen molar-refractivity contribution in [3.8, 4) is 5.82 Å². The maximum absolute atomic E-state index is 12.5. The van der Waals surface area contributed by atoms with Crippen LogP contribution in [0.4, 0.5) is 0 Å². The molecule has 0 bridgehead atoms. The highest BCUT2D eigenvalue weighted by Crippen LogP contribution is 2.14. The Kier molecular flexibility index (Phi) is 5.05. The number of nitrogens with zero attached hydrogens (tertiary/aromatic N) is 4. The standard InChI is InChI=1S/C16H15N5O4S/c1-25-16(22)13-8-14(11-17-9-13)26(23,24)20-10-12-4-2-5-18-15(12)21-7-3-6-19-21/h2-9,11,20H,10H2,1H3. The zero-order valence-corrected chi connectivity index (χ0v) is 14.5. The molecule has 0 spiro atoms. The largest absolute Gasteiger partial charge is 0.465 e. The van der Waals surface area contributed by atoms with Crippen LogP contribution in [0.3, 0.4) is 0 Å². The quantitative estimate of drug-likeness (QED) is 0.639. The molecule has 9 nitrogen and oxygen atoms in total. The molecule has 3 heterocycles. The summed E-state index contributed by atoms with van der Waals surface area (Å²) in [7, 11) is -2.68. The average Bonchev–Trinajstić information content (AvgIpc) is 3.21. The molecule has 3 rings (SSSR count). The van der Waals surface area contributed by atoms with E-state index in [1.807, 2.05) is 0 Å². The summed E-state index contributed by atoms with van der Waals surface area (Å²) < 4.78 is 33.6. The van der Waals surface area contributed by atoms with Crippen LogP contribution < -0.4 is 4.72 Å². The first-order chi connectivity index (χ1) is 12.5. The topological polar surface area (TPSA) is 116 Å². The summed E-state index contributed by atoms with van der Waals surface area (Å²) in [6.07, 6.45) is 7.31. The lowest BCUT2D eigenvalue weighted by Gasteiger charge is -2.10. The van der Waals surface area contributed by atoms with Crippen molar-refractivity contribution in [2.24, 2.45) is 0 Å². The number of nitrogens with one attached hydrogen (secondary N) is 1. The number of rotatable bonds is 6. The fourth-order valence-corrected chi connectivity index (χ4v) is 3.21. The molecular weight excluding hydrogens is 358 g/mol. The van der Waals surface area contributed by atoms with E-state index in [1.54, 1.807) is 41.5 Å². The minimum Gasteiger partial charge on any atom is -0.465 e. The average molecular weight is 373 g/mol. The number of hydrogen-bond donors (Lipinski definition) is 1. The number of aromatic nitrogens is 4. The van der Waals surface area contributed by atoms with E-state index < -0.39 is 16.0 Å². The normalized spacial score (nSPS) is 11.3. The van der Waals surface area contributed by atoms with E-state index in [0.717, 1.165) is 6.20 Å². The van der Waals surface area contributed by atoms with Crippen molar-refractivity contribution in [1.82, 2.24) is 24.5 Å². The predicted molar refractivity (Wildman–Crippen MR) is 91.0 cm³/mol. The van der Waals surface area contributed by atoms with Crippen LogP contribution in [0.15, 0.2) is 60.1 Å².